The molecule has 3 aromatic heterocycles. The topological polar surface area (TPSA) is 30.2 Å². The maximum atomic E-state index is 6.35. The van der Waals surface area contributed by atoms with E-state index in [1.165, 1.54) is 0 Å². The Kier molecular flexibility index (Phi) is 2.99. The molecule has 19 heavy (non-hydrogen) atoms. The van der Waals surface area contributed by atoms with Crippen molar-refractivity contribution in [3.63, 3.8) is 0 Å². The molecule has 0 aliphatic carbocycles. The SMILES string of the molecule is Cc1cccn2c(C(C)Cl)c(-c3ccncc3)nc12. The van der Waals surface area contributed by atoms with Gasteiger partial charge in [-0.25, -0.2) is 4.98 Å². The lowest BCUT2D eigenvalue weighted by Gasteiger charge is -2.07. The van der Waals surface area contributed by atoms with Crippen LogP contribution in [0.4, 0.5) is 0 Å². The lowest BCUT2D eigenvalue weighted by molar-refractivity contribution is 0.962. The molecular weight excluding hydrogens is 258 g/mol. The van der Waals surface area contributed by atoms with Gasteiger partial charge in [0.1, 0.15) is 5.65 Å². The van der Waals surface area contributed by atoms with E-state index in [2.05, 4.69) is 22.4 Å². The zero-order valence-corrected chi connectivity index (χ0v) is 11.6. The van der Waals surface area contributed by atoms with Crippen LogP contribution < -0.4 is 0 Å². The highest BCUT2D eigenvalue weighted by Gasteiger charge is 2.18. The van der Waals surface area contributed by atoms with E-state index in [1.807, 2.05) is 31.3 Å². The quantitative estimate of drug-likeness (QED) is 0.660. The summed E-state index contributed by atoms with van der Waals surface area (Å²) in [6, 6.07) is 7.99. The number of imidazole rings is 1. The highest BCUT2D eigenvalue weighted by Crippen LogP contribution is 2.32. The van der Waals surface area contributed by atoms with Crippen molar-refractivity contribution >= 4 is 17.2 Å². The van der Waals surface area contributed by atoms with Gasteiger partial charge in [-0.15, -0.1) is 11.6 Å². The number of aromatic nitrogens is 3. The first-order valence-corrected chi connectivity index (χ1v) is 6.64. The van der Waals surface area contributed by atoms with E-state index in [0.29, 0.717) is 0 Å². The van der Waals surface area contributed by atoms with Crippen molar-refractivity contribution in [3.8, 4) is 11.3 Å². The smallest absolute Gasteiger partial charge is 0.140 e. The molecule has 0 aliphatic rings. The molecule has 0 saturated heterocycles. The summed E-state index contributed by atoms with van der Waals surface area (Å²) in [6.45, 7) is 4.03. The minimum atomic E-state index is -0.111. The van der Waals surface area contributed by atoms with Crippen molar-refractivity contribution in [2.45, 2.75) is 19.2 Å². The summed E-state index contributed by atoms with van der Waals surface area (Å²) in [6.07, 6.45) is 5.55. The predicted molar refractivity (Wildman–Crippen MR) is 77.4 cm³/mol. The summed E-state index contributed by atoms with van der Waals surface area (Å²) in [7, 11) is 0. The van der Waals surface area contributed by atoms with Gasteiger partial charge in [0.25, 0.3) is 0 Å². The average molecular weight is 272 g/mol. The highest BCUT2D eigenvalue weighted by molar-refractivity contribution is 6.20. The number of rotatable bonds is 2. The van der Waals surface area contributed by atoms with E-state index in [1.54, 1.807) is 12.4 Å². The molecule has 3 nitrogen and oxygen atoms in total. The number of hydrogen-bond donors (Lipinski definition) is 0. The molecule has 3 heterocycles. The number of aryl methyl sites for hydroxylation is 1. The van der Waals surface area contributed by atoms with E-state index in [0.717, 1.165) is 28.2 Å². The Morgan fingerprint density at radius 2 is 1.95 bits per heavy atom. The minimum absolute atomic E-state index is 0.111. The van der Waals surface area contributed by atoms with E-state index in [4.69, 9.17) is 16.6 Å². The third-order valence-corrected chi connectivity index (χ3v) is 3.42. The van der Waals surface area contributed by atoms with Crippen LogP contribution in [0.5, 0.6) is 0 Å². The molecule has 0 bridgehead atoms. The molecule has 0 amide bonds. The van der Waals surface area contributed by atoms with Crippen LogP contribution >= 0.6 is 11.6 Å². The van der Waals surface area contributed by atoms with Crippen molar-refractivity contribution < 1.29 is 0 Å². The number of fused-ring (bicyclic) bond motifs is 1. The molecule has 0 N–H and O–H groups in total. The van der Waals surface area contributed by atoms with Crippen LogP contribution in [0.15, 0.2) is 42.9 Å². The number of nitrogens with zero attached hydrogens (tertiary/aromatic N) is 3. The monoisotopic (exact) mass is 271 g/mol. The second-order valence-electron chi connectivity index (χ2n) is 4.58. The molecule has 96 valence electrons. The fourth-order valence-corrected chi connectivity index (χ4v) is 2.53. The molecule has 0 aromatic carbocycles. The molecule has 3 aromatic rings. The van der Waals surface area contributed by atoms with Crippen molar-refractivity contribution in [2.24, 2.45) is 0 Å². The molecule has 0 aliphatic heterocycles. The molecule has 0 saturated carbocycles. The summed E-state index contributed by atoms with van der Waals surface area (Å²) >= 11 is 6.35. The van der Waals surface area contributed by atoms with Gasteiger partial charge in [-0.2, -0.15) is 0 Å². The second kappa shape index (κ2) is 4.67. The van der Waals surface area contributed by atoms with Gasteiger partial charge in [0.2, 0.25) is 0 Å². The van der Waals surface area contributed by atoms with E-state index >= 15 is 0 Å². The third kappa shape index (κ3) is 2.00. The first kappa shape index (κ1) is 12.2. The number of pyridine rings is 2. The summed E-state index contributed by atoms with van der Waals surface area (Å²) in [5.74, 6) is 0. The van der Waals surface area contributed by atoms with E-state index in [-0.39, 0.29) is 5.38 Å². The van der Waals surface area contributed by atoms with E-state index in [9.17, 15) is 0 Å². The minimum Gasteiger partial charge on any atom is -0.302 e. The van der Waals surface area contributed by atoms with Crippen LogP contribution in [0.25, 0.3) is 16.9 Å². The standard InChI is InChI=1S/C15H14ClN3/c1-10-4-3-9-19-14(11(2)16)13(18-15(10)19)12-5-7-17-8-6-12/h3-9,11H,1-2H3. The van der Waals surface area contributed by atoms with Crippen molar-refractivity contribution in [1.29, 1.82) is 0 Å². The zero-order chi connectivity index (χ0) is 13.4. The van der Waals surface area contributed by atoms with Gasteiger partial charge < -0.3 is 4.40 Å². The molecule has 4 heteroatoms. The molecule has 3 rings (SSSR count). The average Bonchev–Trinajstić information content (AvgIpc) is 2.81. The Labute approximate surface area is 116 Å². The maximum Gasteiger partial charge on any atom is 0.140 e. The van der Waals surface area contributed by atoms with Gasteiger partial charge >= 0.3 is 0 Å². The Hall–Kier alpha value is -1.87. The van der Waals surface area contributed by atoms with Crippen molar-refractivity contribution in [1.82, 2.24) is 14.4 Å². The molecular formula is C15H14ClN3. The van der Waals surface area contributed by atoms with Crippen molar-refractivity contribution in [3.05, 3.63) is 54.1 Å². The fourth-order valence-electron chi connectivity index (χ4n) is 2.32. The number of hydrogen-bond acceptors (Lipinski definition) is 2. The van der Waals surface area contributed by atoms with Gasteiger partial charge in [0.15, 0.2) is 0 Å². The van der Waals surface area contributed by atoms with Gasteiger partial charge in [-0.05, 0) is 37.6 Å². The predicted octanol–water partition coefficient (Wildman–Crippen LogP) is 4.00. The van der Waals surface area contributed by atoms with Crippen molar-refractivity contribution in [2.75, 3.05) is 0 Å². The lowest BCUT2D eigenvalue weighted by Crippen LogP contribution is -1.95. The Balaban J connectivity index is 2.36. The van der Waals surface area contributed by atoms with Gasteiger partial charge in [-0.1, -0.05) is 6.07 Å². The third-order valence-electron chi connectivity index (χ3n) is 3.21. The van der Waals surface area contributed by atoms with Crippen LogP contribution in [0.1, 0.15) is 23.6 Å². The fraction of sp³-hybridized carbons (Fsp3) is 0.200. The molecule has 1 unspecified atom stereocenters. The van der Waals surface area contributed by atoms with Gasteiger partial charge in [-0.3, -0.25) is 4.98 Å². The summed E-state index contributed by atoms with van der Waals surface area (Å²) in [5, 5.41) is -0.111. The van der Waals surface area contributed by atoms with Crippen LogP contribution in [0, 0.1) is 6.92 Å². The number of halogens is 1. The van der Waals surface area contributed by atoms with E-state index < -0.39 is 0 Å². The maximum absolute atomic E-state index is 6.35. The molecule has 1 atom stereocenters. The normalized spacial score (nSPS) is 12.8. The Bertz CT molecular complexity index is 717. The lowest BCUT2D eigenvalue weighted by atomic mass is 10.1. The first-order valence-electron chi connectivity index (χ1n) is 6.20. The first-order chi connectivity index (χ1) is 9.18. The van der Waals surface area contributed by atoms with Crippen LogP contribution in [-0.4, -0.2) is 14.4 Å². The molecule has 0 radical (unpaired) electrons. The highest BCUT2D eigenvalue weighted by atomic mass is 35.5. The molecule has 0 fully saturated rings. The van der Waals surface area contributed by atoms with Crippen LogP contribution in [-0.2, 0) is 0 Å². The summed E-state index contributed by atoms with van der Waals surface area (Å²) < 4.78 is 2.07. The summed E-state index contributed by atoms with van der Waals surface area (Å²) in [5.41, 5.74) is 5.09. The largest absolute Gasteiger partial charge is 0.302 e. The zero-order valence-electron chi connectivity index (χ0n) is 10.8. The number of alkyl halides is 1. The summed E-state index contributed by atoms with van der Waals surface area (Å²) in [4.78, 5) is 8.80. The van der Waals surface area contributed by atoms with Crippen LogP contribution in [0.3, 0.4) is 0 Å². The Morgan fingerprint density at radius 3 is 2.63 bits per heavy atom. The second-order valence-corrected chi connectivity index (χ2v) is 5.24. The van der Waals surface area contributed by atoms with Gasteiger partial charge in [0, 0.05) is 24.2 Å². The molecule has 0 spiro atoms. The van der Waals surface area contributed by atoms with Crippen LogP contribution in [0.2, 0.25) is 0 Å². The Morgan fingerprint density at radius 1 is 1.21 bits per heavy atom. The van der Waals surface area contributed by atoms with Gasteiger partial charge in [0.05, 0.1) is 16.8 Å².